The largest absolute Gasteiger partial charge is 0.384 e. The molecule has 0 bridgehead atoms. The minimum atomic E-state index is -0.799. The molecule has 0 saturated heterocycles. The highest BCUT2D eigenvalue weighted by Gasteiger charge is 2.25. The Kier molecular flexibility index (Phi) is 2.47. The topological polar surface area (TPSA) is 50.9 Å². The van der Waals surface area contributed by atoms with Gasteiger partial charge in [-0.25, -0.2) is 4.68 Å². The van der Waals surface area contributed by atoms with E-state index in [0.29, 0.717) is 0 Å². The molecular formula is C8H15N3O. The van der Waals surface area contributed by atoms with Gasteiger partial charge in [0.05, 0.1) is 11.9 Å². The molecule has 1 aromatic heterocycles. The van der Waals surface area contributed by atoms with Crippen molar-refractivity contribution in [2.75, 3.05) is 0 Å². The summed E-state index contributed by atoms with van der Waals surface area (Å²) in [7, 11) is 1.78. The summed E-state index contributed by atoms with van der Waals surface area (Å²) in [5, 5.41) is 17.4. The highest BCUT2D eigenvalue weighted by molar-refractivity contribution is 5.05. The number of nitrogens with zero attached hydrogens (tertiary/aromatic N) is 3. The van der Waals surface area contributed by atoms with E-state index in [2.05, 4.69) is 10.3 Å². The van der Waals surface area contributed by atoms with Crippen LogP contribution < -0.4 is 0 Å². The van der Waals surface area contributed by atoms with Crippen LogP contribution in [0, 0.1) is 0 Å². The molecule has 1 N–H and O–H groups in total. The number of hydrogen-bond acceptors (Lipinski definition) is 3. The van der Waals surface area contributed by atoms with Crippen LogP contribution in [0.3, 0.4) is 0 Å². The standard InChI is InChI=1S/C8H15N3O/c1-4-5-8(2,12)7-6-9-10-11(7)3/h6,12H,4-5H2,1-3H3. The van der Waals surface area contributed by atoms with Crippen LogP contribution in [0.1, 0.15) is 32.4 Å². The zero-order valence-electron chi connectivity index (χ0n) is 7.78. The first kappa shape index (κ1) is 9.19. The van der Waals surface area contributed by atoms with Crippen LogP contribution in [0.25, 0.3) is 0 Å². The van der Waals surface area contributed by atoms with Gasteiger partial charge in [-0.15, -0.1) is 5.10 Å². The minimum Gasteiger partial charge on any atom is -0.384 e. The van der Waals surface area contributed by atoms with Gasteiger partial charge in [0.2, 0.25) is 0 Å². The van der Waals surface area contributed by atoms with Crippen molar-refractivity contribution >= 4 is 0 Å². The third kappa shape index (κ3) is 1.64. The van der Waals surface area contributed by atoms with E-state index in [0.717, 1.165) is 18.5 Å². The van der Waals surface area contributed by atoms with Gasteiger partial charge in [0, 0.05) is 7.05 Å². The summed E-state index contributed by atoms with van der Waals surface area (Å²) >= 11 is 0. The summed E-state index contributed by atoms with van der Waals surface area (Å²) < 4.78 is 1.61. The van der Waals surface area contributed by atoms with Crippen LogP contribution in [-0.2, 0) is 12.6 Å². The quantitative estimate of drug-likeness (QED) is 0.729. The van der Waals surface area contributed by atoms with E-state index in [-0.39, 0.29) is 0 Å². The summed E-state index contributed by atoms with van der Waals surface area (Å²) in [5.41, 5.74) is -0.0307. The zero-order chi connectivity index (χ0) is 9.19. The molecule has 0 fully saturated rings. The lowest BCUT2D eigenvalue weighted by Gasteiger charge is -2.21. The molecule has 1 aromatic rings. The van der Waals surface area contributed by atoms with Gasteiger partial charge in [-0.1, -0.05) is 18.6 Å². The van der Waals surface area contributed by atoms with Gasteiger partial charge in [0.15, 0.2) is 0 Å². The van der Waals surface area contributed by atoms with Crippen LogP contribution in [0.2, 0.25) is 0 Å². The van der Waals surface area contributed by atoms with E-state index in [9.17, 15) is 5.11 Å². The van der Waals surface area contributed by atoms with Gasteiger partial charge in [0.1, 0.15) is 5.60 Å². The van der Waals surface area contributed by atoms with Gasteiger partial charge in [-0.3, -0.25) is 0 Å². The van der Waals surface area contributed by atoms with E-state index >= 15 is 0 Å². The molecule has 1 rings (SSSR count). The highest BCUT2D eigenvalue weighted by Crippen LogP contribution is 2.23. The fourth-order valence-corrected chi connectivity index (χ4v) is 1.39. The number of hydrogen-bond donors (Lipinski definition) is 1. The maximum Gasteiger partial charge on any atom is 0.105 e. The Labute approximate surface area is 72.2 Å². The molecule has 1 unspecified atom stereocenters. The minimum absolute atomic E-state index is 0.730. The van der Waals surface area contributed by atoms with Crippen molar-refractivity contribution in [1.82, 2.24) is 15.0 Å². The Morgan fingerprint density at radius 2 is 2.33 bits per heavy atom. The first-order valence-electron chi connectivity index (χ1n) is 4.15. The fraction of sp³-hybridized carbons (Fsp3) is 0.750. The third-order valence-corrected chi connectivity index (χ3v) is 2.00. The molecule has 0 aliphatic heterocycles. The fourth-order valence-electron chi connectivity index (χ4n) is 1.39. The second-order valence-electron chi connectivity index (χ2n) is 3.27. The van der Waals surface area contributed by atoms with Crippen molar-refractivity contribution in [2.24, 2.45) is 7.05 Å². The summed E-state index contributed by atoms with van der Waals surface area (Å²) in [4.78, 5) is 0. The third-order valence-electron chi connectivity index (χ3n) is 2.00. The molecule has 4 nitrogen and oxygen atoms in total. The SMILES string of the molecule is CCCC(C)(O)c1cnnn1C. The molecule has 0 radical (unpaired) electrons. The van der Waals surface area contributed by atoms with E-state index in [1.807, 2.05) is 6.92 Å². The molecule has 0 amide bonds. The number of aromatic nitrogens is 3. The predicted octanol–water partition coefficient (Wildman–Crippen LogP) is 0.823. The van der Waals surface area contributed by atoms with Crippen LogP contribution in [0.5, 0.6) is 0 Å². The van der Waals surface area contributed by atoms with E-state index in [4.69, 9.17) is 0 Å². The van der Waals surface area contributed by atoms with Crippen molar-refractivity contribution in [3.8, 4) is 0 Å². The van der Waals surface area contributed by atoms with Gasteiger partial charge in [0.25, 0.3) is 0 Å². The molecule has 1 heterocycles. The predicted molar refractivity (Wildman–Crippen MR) is 45.5 cm³/mol. The van der Waals surface area contributed by atoms with Crippen LogP contribution in [0.15, 0.2) is 6.20 Å². The van der Waals surface area contributed by atoms with Crippen molar-refractivity contribution in [3.63, 3.8) is 0 Å². The van der Waals surface area contributed by atoms with Crippen LogP contribution in [-0.4, -0.2) is 20.1 Å². The van der Waals surface area contributed by atoms with Crippen molar-refractivity contribution in [2.45, 2.75) is 32.3 Å². The molecule has 0 spiro atoms. The summed E-state index contributed by atoms with van der Waals surface area (Å²) in [6, 6.07) is 0. The van der Waals surface area contributed by atoms with E-state index in [1.165, 1.54) is 0 Å². The van der Waals surface area contributed by atoms with E-state index < -0.39 is 5.60 Å². The first-order chi connectivity index (χ1) is 5.58. The zero-order valence-corrected chi connectivity index (χ0v) is 7.78. The average molecular weight is 169 g/mol. The highest BCUT2D eigenvalue weighted by atomic mass is 16.3. The van der Waals surface area contributed by atoms with Gasteiger partial charge in [-0.2, -0.15) is 0 Å². The number of aliphatic hydroxyl groups is 1. The maximum atomic E-state index is 9.95. The first-order valence-corrected chi connectivity index (χ1v) is 4.15. The Balaban J connectivity index is 2.88. The second-order valence-corrected chi connectivity index (χ2v) is 3.27. The van der Waals surface area contributed by atoms with Crippen molar-refractivity contribution in [1.29, 1.82) is 0 Å². The number of rotatable bonds is 3. The average Bonchev–Trinajstić information content (AvgIpc) is 2.35. The smallest absolute Gasteiger partial charge is 0.105 e. The molecule has 1 atom stereocenters. The molecule has 0 aliphatic rings. The molecular weight excluding hydrogens is 154 g/mol. The lowest BCUT2D eigenvalue weighted by Crippen LogP contribution is -2.24. The Morgan fingerprint density at radius 3 is 2.75 bits per heavy atom. The second kappa shape index (κ2) is 3.23. The Morgan fingerprint density at radius 1 is 1.67 bits per heavy atom. The monoisotopic (exact) mass is 169 g/mol. The molecule has 0 aromatic carbocycles. The summed E-state index contributed by atoms with van der Waals surface area (Å²) in [5.74, 6) is 0. The normalized spacial score (nSPS) is 16.0. The molecule has 12 heavy (non-hydrogen) atoms. The van der Waals surface area contributed by atoms with Gasteiger partial charge in [-0.05, 0) is 13.3 Å². The summed E-state index contributed by atoms with van der Waals surface area (Å²) in [6.07, 6.45) is 3.28. The van der Waals surface area contributed by atoms with Gasteiger partial charge < -0.3 is 5.11 Å². The van der Waals surface area contributed by atoms with Crippen LogP contribution >= 0.6 is 0 Å². The molecule has 68 valence electrons. The van der Waals surface area contributed by atoms with E-state index in [1.54, 1.807) is 24.9 Å². The number of aryl methyl sites for hydroxylation is 1. The lowest BCUT2D eigenvalue weighted by molar-refractivity contribution is 0.0386. The maximum absolute atomic E-state index is 9.95. The molecule has 0 saturated carbocycles. The molecule has 0 aliphatic carbocycles. The van der Waals surface area contributed by atoms with Crippen LogP contribution in [0.4, 0.5) is 0 Å². The molecule has 4 heteroatoms. The Bertz CT molecular complexity index is 255. The lowest BCUT2D eigenvalue weighted by atomic mass is 9.97. The van der Waals surface area contributed by atoms with Crippen molar-refractivity contribution in [3.05, 3.63) is 11.9 Å². The van der Waals surface area contributed by atoms with Gasteiger partial charge >= 0.3 is 0 Å². The van der Waals surface area contributed by atoms with Crippen molar-refractivity contribution < 1.29 is 5.11 Å². The summed E-state index contributed by atoms with van der Waals surface area (Å²) in [6.45, 7) is 3.83. The Hall–Kier alpha value is -0.900.